The Kier molecular flexibility index (Phi) is 1.01. The van der Waals surface area contributed by atoms with Crippen LogP contribution in [0.3, 0.4) is 0 Å². The van der Waals surface area contributed by atoms with Crippen LogP contribution in [-0.2, 0) is 0 Å². The molecule has 2 aliphatic rings. The van der Waals surface area contributed by atoms with Gasteiger partial charge in [-0.15, -0.1) is 0 Å². The highest BCUT2D eigenvalue weighted by Gasteiger charge is 2.21. The zero-order valence-electron chi connectivity index (χ0n) is 5.61. The van der Waals surface area contributed by atoms with Crippen LogP contribution in [0.25, 0.3) is 0 Å². The van der Waals surface area contributed by atoms with Crippen LogP contribution in [0.5, 0.6) is 0 Å². The molecule has 0 spiro atoms. The van der Waals surface area contributed by atoms with E-state index >= 15 is 0 Å². The second-order valence-corrected chi connectivity index (χ2v) is 2.96. The molecule has 0 amide bonds. The van der Waals surface area contributed by atoms with Crippen molar-refractivity contribution in [1.29, 1.82) is 0 Å². The molecule has 0 saturated heterocycles. The Balaban J connectivity index is 2.19. The van der Waals surface area contributed by atoms with Gasteiger partial charge in [0.15, 0.2) is 0 Å². The van der Waals surface area contributed by atoms with Gasteiger partial charge in [-0.1, -0.05) is 12.2 Å². The Morgan fingerprint density at radius 2 is 1.78 bits per heavy atom. The topological polar surface area (TPSA) is 0 Å². The van der Waals surface area contributed by atoms with Gasteiger partial charge in [0.05, 0.1) is 0 Å². The number of hydrogen-bond acceptors (Lipinski definition) is 0. The maximum absolute atomic E-state index is 5.69. The van der Waals surface area contributed by atoms with Crippen molar-refractivity contribution in [2.45, 2.75) is 32.1 Å². The maximum Gasteiger partial charge on any atom is -0.0235 e. The Morgan fingerprint density at radius 1 is 1.00 bits per heavy atom. The predicted molar refractivity (Wildman–Crippen MR) is 37.9 cm³/mol. The summed E-state index contributed by atoms with van der Waals surface area (Å²) in [5, 5.41) is 0. The first-order valence-corrected chi connectivity index (χ1v) is 3.70. The molecule has 2 rings (SSSR count). The lowest BCUT2D eigenvalue weighted by Crippen LogP contribution is -2.10. The number of allylic oxidation sites excluding steroid dienone is 3. The van der Waals surface area contributed by atoms with E-state index in [1.807, 2.05) is 0 Å². The Hall–Kier alpha value is -0.520. The molecule has 47 valence electrons. The van der Waals surface area contributed by atoms with Gasteiger partial charge in [-0.2, -0.15) is 0 Å². The molecule has 0 bridgehead atoms. The fourth-order valence-corrected chi connectivity index (χ4v) is 1.45. The van der Waals surface area contributed by atoms with E-state index in [9.17, 15) is 0 Å². The SMILES string of the molecule is [CH]=C1CCC1=C1CCC1. The van der Waals surface area contributed by atoms with Crippen LogP contribution in [0.15, 0.2) is 16.7 Å². The summed E-state index contributed by atoms with van der Waals surface area (Å²) in [7, 11) is 0. The van der Waals surface area contributed by atoms with Crippen molar-refractivity contribution in [3.05, 3.63) is 23.3 Å². The van der Waals surface area contributed by atoms with Crippen LogP contribution in [0, 0.1) is 6.58 Å². The first kappa shape index (κ1) is 5.28. The first-order chi connectivity index (χ1) is 4.38. The Bertz CT molecular complexity index is 178. The molecule has 0 N–H and O–H groups in total. The average molecular weight is 119 g/mol. The highest BCUT2D eigenvalue weighted by molar-refractivity contribution is 5.41. The molecule has 0 heterocycles. The summed E-state index contributed by atoms with van der Waals surface area (Å²) >= 11 is 0. The van der Waals surface area contributed by atoms with E-state index < -0.39 is 0 Å². The molecular weight excluding hydrogens is 108 g/mol. The third-order valence-electron chi connectivity index (χ3n) is 2.42. The van der Waals surface area contributed by atoms with E-state index in [-0.39, 0.29) is 0 Å². The predicted octanol–water partition coefficient (Wildman–Crippen LogP) is 2.62. The van der Waals surface area contributed by atoms with E-state index in [1.54, 1.807) is 5.57 Å². The summed E-state index contributed by atoms with van der Waals surface area (Å²) in [5.74, 6) is 0. The van der Waals surface area contributed by atoms with Crippen molar-refractivity contribution in [2.24, 2.45) is 0 Å². The van der Waals surface area contributed by atoms with E-state index in [0.717, 1.165) is 6.42 Å². The number of rotatable bonds is 0. The van der Waals surface area contributed by atoms with Gasteiger partial charge in [0.25, 0.3) is 0 Å². The average Bonchev–Trinajstić information content (AvgIpc) is 1.74. The van der Waals surface area contributed by atoms with Gasteiger partial charge in [0.2, 0.25) is 0 Å². The van der Waals surface area contributed by atoms with E-state index in [1.165, 1.54) is 36.8 Å². The van der Waals surface area contributed by atoms with Gasteiger partial charge in [-0.3, -0.25) is 0 Å². The second kappa shape index (κ2) is 1.73. The summed E-state index contributed by atoms with van der Waals surface area (Å²) in [6.07, 6.45) is 6.47. The van der Waals surface area contributed by atoms with Gasteiger partial charge in [0.1, 0.15) is 0 Å². The summed E-state index contributed by atoms with van der Waals surface area (Å²) in [5.41, 5.74) is 4.34. The Morgan fingerprint density at radius 3 is 1.89 bits per heavy atom. The molecular formula is C9H11. The van der Waals surface area contributed by atoms with Crippen LogP contribution in [0.4, 0.5) is 0 Å². The molecule has 0 heteroatoms. The molecule has 0 aliphatic heterocycles. The van der Waals surface area contributed by atoms with Crippen molar-refractivity contribution in [3.8, 4) is 0 Å². The van der Waals surface area contributed by atoms with Gasteiger partial charge >= 0.3 is 0 Å². The van der Waals surface area contributed by atoms with Crippen molar-refractivity contribution in [2.75, 3.05) is 0 Å². The molecule has 9 heavy (non-hydrogen) atoms. The molecule has 2 saturated carbocycles. The molecule has 2 aliphatic carbocycles. The van der Waals surface area contributed by atoms with Crippen LogP contribution in [-0.4, -0.2) is 0 Å². The van der Waals surface area contributed by atoms with Gasteiger partial charge in [-0.25, -0.2) is 0 Å². The van der Waals surface area contributed by atoms with E-state index in [0.29, 0.717) is 0 Å². The van der Waals surface area contributed by atoms with Gasteiger partial charge < -0.3 is 0 Å². The third-order valence-corrected chi connectivity index (χ3v) is 2.42. The van der Waals surface area contributed by atoms with Crippen molar-refractivity contribution in [1.82, 2.24) is 0 Å². The molecule has 0 aromatic heterocycles. The Labute approximate surface area is 56.3 Å². The first-order valence-electron chi connectivity index (χ1n) is 3.70. The van der Waals surface area contributed by atoms with E-state index in [2.05, 4.69) is 0 Å². The zero-order chi connectivity index (χ0) is 6.27. The van der Waals surface area contributed by atoms with Crippen molar-refractivity contribution in [3.63, 3.8) is 0 Å². The zero-order valence-corrected chi connectivity index (χ0v) is 5.61. The monoisotopic (exact) mass is 119 g/mol. The minimum atomic E-state index is 1.15. The van der Waals surface area contributed by atoms with Crippen LogP contribution < -0.4 is 0 Å². The third kappa shape index (κ3) is 0.658. The van der Waals surface area contributed by atoms with Crippen molar-refractivity contribution >= 4 is 0 Å². The summed E-state index contributed by atoms with van der Waals surface area (Å²) < 4.78 is 0. The summed E-state index contributed by atoms with van der Waals surface area (Å²) in [6, 6.07) is 0. The van der Waals surface area contributed by atoms with Crippen molar-refractivity contribution < 1.29 is 0 Å². The highest BCUT2D eigenvalue weighted by Crippen LogP contribution is 2.40. The quantitative estimate of drug-likeness (QED) is 0.460. The second-order valence-electron chi connectivity index (χ2n) is 2.96. The molecule has 0 atom stereocenters. The highest BCUT2D eigenvalue weighted by atomic mass is 14.3. The largest absolute Gasteiger partial charge is 0.0667 e. The minimum absolute atomic E-state index is 1.15. The molecule has 0 aromatic carbocycles. The van der Waals surface area contributed by atoms with Gasteiger partial charge in [0, 0.05) is 0 Å². The molecule has 0 nitrogen and oxygen atoms in total. The molecule has 0 aromatic rings. The number of hydrogen-bond donors (Lipinski definition) is 0. The molecule has 2 fully saturated rings. The molecule has 0 unspecified atom stereocenters. The van der Waals surface area contributed by atoms with Crippen LogP contribution in [0.1, 0.15) is 32.1 Å². The minimum Gasteiger partial charge on any atom is -0.0667 e. The lowest BCUT2D eigenvalue weighted by molar-refractivity contribution is 0.625. The fourth-order valence-electron chi connectivity index (χ4n) is 1.45. The summed E-state index contributed by atoms with van der Waals surface area (Å²) in [6.45, 7) is 5.69. The van der Waals surface area contributed by atoms with Crippen LogP contribution >= 0.6 is 0 Å². The molecule has 1 radical (unpaired) electrons. The smallest absolute Gasteiger partial charge is 0.0235 e. The van der Waals surface area contributed by atoms with Crippen LogP contribution in [0.2, 0.25) is 0 Å². The lowest BCUT2D eigenvalue weighted by atomic mass is 9.76. The fraction of sp³-hybridized carbons (Fsp3) is 0.556. The van der Waals surface area contributed by atoms with Gasteiger partial charge in [-0.05, 0) is 43.3 Å². The normalized spacial score (nSPS) is 25.6. The standard InChI is InChI=1S/C9H11/c1-7-5-6-9(7)8-3-2-4-8/h1H,2-6H2. The lowest BCUT2D eigenvalue weighted by Gasteiger charge is -2.29. The van der Waals surface area contributed by atoms with E-state index in [4.69, 9.17) is 6.58 Å². The maximum atomic E-state index is 5.69. The summed E-state index contributed by atoms with van der Waals surface area (Å²) in [4.78, 5) is 0.